The number of guanidine groups is 1. The zero-order valence-corrected chi connectivity index (χ0v) is 13.2. The third-order valence-electron chi connectivity index (χ3n) is 2.54. The lowest BCUT2D eigenvalue weighted by molar-refractivity contribution is -0.114. The van der Waals surface area contributed by atoms with Crippen LogP contribution in [0.1, 0.15) is 13.8 Å². The average molecular weight is 304 g/mol. The molecule has 0 aliphatic rings. The summed E-state index contributed by atoms with van der Waals surface area (Å²) in [6.07, 6.45) is 1.77. The van der Waals surface area contributed by atoms with Crippen molar-refractivity contribution in [2.75, 3.05) is 31.6 Å². The fourth-order valence-electron chi connectivity index (χ4n) is 1.70. The molecule has 0 aromatic heterocycles. The molecule has 0 saturated heterocycles. The minimum Gasteiger partial charge on any atom is -0.492 e. The number of nitrogens with one attached hydrogen (secondary N) is 3. The number of rotatable bonds is 8. The zero-order valence-electron chi connectivity index (χ0n) is 13.2. The Kier molecular flexibility index (Phi) is 8.18. The summed E-state index contributed by atoms with van der Waals surface area (Å²) in [5.74, 6) is 1.33. The average Bonchev–Trinajstić information content (AvgIpc) is 2.48. The molecule has 6 nitrogen and oxygen atoms in total. The Balaban J connectivity index is 2.45. The van der Waals surface area contributed by atoms with Crippen LogP contribution in [0.15, 0.2) is 41.9 Å². The van der Waals surface area contributed by atoms with Crippen LogP contribution >= 0.6 is 0 Å². The second-order valence-electron chi connectivity index (χ2n) is 4.49. The van der Waals surface area contributed by atoms with Crippen molar-refractivity contribution in [3.8, 4) is 5.75 Å². The Labute approximate surface area is 131 Å². The summed E-state index contributed by atoms with van der Waals surface area (Å²) in [6, 6.07) is 7.27. The Morgan fingerprint density at radius 3 is 2.91 bits per heavy atom. The van der Waals surface area contributed by atoms with E-state index in [9.17, 15) is 4.79 Å². The Morgan fingerprint density at radius 2 is 2.23 bits per heavy atom. The molecule has 1 aromatic rings. The van der Waals surface area contributed by atoms with Gasteiger partial charge in [0, 0.05) is 31.8 Å². The van der Waals surface area contributed by atoms with Gasteiger partial charge in [0.05, 0.1) is 6.54 Å². The Morgan fingerprint density at radius 1 is 1.41 bits per heavy atom. The van der Waals surface area contributed by atoms with Gasteiger partial charge in [0.15, 0.2) is 5.96 Å². The molecule has 0 spiro atoms. The summed E-state index contributed by atoms with van der Waals surface area (Å²) >= 11 is 0. The standard InChI is InChI=1S/C16H24N4O2/c1-4-9-18-16(17-5-2)19-10-11-22-15-8-6-7-14(12-15)20-13(3)21/h4,6-8,12H,1,5,9-11H2,2-3H3,(H,20,21)(H2,17,18,19). The highest BCUT2D eigenvalue weighted by Gasteiger charge is 1.99. The van der Waals surface area contributed by atoms with Gasteiger partial charge < -0.3 is 20.7 Å². The number of carbonyl (C=O) groups excluding carboxylic acids is 1. The highest BCUT2D eigenvalue weighted by Crippen LogP contribution is 2.17. The fourth-order valence-corrected chi connectivity index (χ4v) is 1.70. The van der Waals surface area contributed by atoms with Crippen LogP contribution in [-0.4, -0.2) is 38.1 Å². The summed E-state index contributed by atoms with van der Waals surface area (Å²) in [6.45, 7) is 9.57. The normalized spacial score (nSPS) is 10.7. The van der Waals surface area contributed by atoms with Gasteiger partial charge in [0.2, 0.25) is 5.91 Å². The number of carbonyl (C=O) groups is 1. The number of amides is 1. The summed E-state index contributed by atoms with van der Waals surface area (Å²) in [4.78, 5) is 15.4. The summed E-state index contributed by atoms with van der Waals surface area (Å²) < 4.78 is 5.63. The van der Waals surface area contributed by atoms with Crippen LogP contribution in [0.2, 0.25) is 0 Å². The molecule has 1 aromatic carbocycles. The van der Waals surface area contributed by atoms with Crippen molar-refractivity contribution in [3.05, 3.63) is 36.9 Å². The van der Waals surface area contributed by atoms with Crippen molar-refractivity contribution < 1.29 is 9.53 Å². The third-order valence-corrected chi connectivity index (χ3v) is 2.54. The molecule has 22 heavy (non-hydrogen) atoms. The second kappa shape index (κ2) is 10.3. The third kappa shape index (κ3) is 7.33. The van der Waals surface area contributed by atoms with E-state index in [0.29, 0.717) is 25.4 Å². The van der Waals surface area contributed by atoms with E-state index in [4.69, 9.17) is 4.74 Å². The highest BCUT2D eigenvalue weighted by atomic mass is 16.5. The molecule has 0 heterocycles. The number of benzene rings is 1. The van der Waals surface area contributed by atoms with Crippen molar-refractivity contribution in [2.45, 2.75) is 13.8 Å². The van der Waals surface area contributed by atoms with Crippen LogP contribution in [0.5, 0.6) is 5.75 Å². The number of hydrogen-bond donors (Lipinski definition) is 3. The van der Waals surface area contributed by atoms with Gasteiger partial charge in [0.25, 0.3) is 0 Å². The SMILES string of the molecule is C=CCNC(=NCCOc1cccc(NC(C)=O)c1)NCC. The zero-order chi connectivity index (χ0) is 16.2. The van der Waals surface area contributed by atoms with Crippen molar-refractivity contribution in [1.29, 1.82) is 0 Å². The molecule has 0 unspecified atom stereocenters. The van der Waals surface area contributed by atoms with Gasteiger partial charge in [-0.3, -0.25) is 4.79 Å². The minimum atomic E-state index is -0.106. The smallest absolute Gasteiger partial charge is 0.221 e. The van der Waals surface area contributed by atoms with Crippen LogP contribution in [0.25, 0.3) is 0 Å². The van der Waals surface area contributed by atoms with Crippen LogP contribution in [0.4, 0.5) is 5.69 Å². The molecule has 1 rings (SSSR count). The maximum Gasteiger partial charge on any atom is 0.221 e. The van der Waals surface area contributed by atoms with E-state index in [0.717, 1.165) is 18.2 Å². The van der Waals surface area contributed by atoms with E-state index in [2.05, 4.69) is 27.5 Å². The predicted octanol–water partition coefficient (Wildman–Crippen LogP) is 1.76. The van der Waals surface area contributed by atoms with Gasteiger partial charge in [-0.25, -0.2) is 4.99 Å². The minimum absolute atomic E-state index is 0.106. The molecule has 0 aliphatic carbocycles. The molecular weight excluding hydrogens is 280 g/mol. The molecule has 3 N–H and O–H groups in total. The summed E-state index contributed by atoms with van der Waals surface area (Å²) in [5, 5.41) is 8.97. The maximum atomic E-state index is 11.0. The molecule has 0 bridgehead atoms. The number of aliphatic imine (C=N–C) groups is 1. The summed E-state index contributed by atoms with van der Waals surface area (Å²) in [5.41, 5.74) is 0.717. The van der Waals surface area contributed by atoms with Crippen LogP contribution in [-0.2, 0) is 4.79 Å². The molecule has 0 radical (unpaired) electrons. The first-order valence-corrected chi connectivity index (χ1v) is 7.29. The first kappa shape index (κ1) is 17.6. The van der Waals surface area contributed by atoms with Crippen molar-refractivity contribution >= 4 is 17.6 Å². The molecule has 0 atom stereocenters. The lowest BCUT2D eigenvalue weighted by atomic mass is 10.3. The molecule has 0 saturated carbocycles. The molecule has 6 heteroatoms. The van der Waals surface area contributed by atoms with Gasteiger partial charge in [0.1, 0.15) is 12.4 Å². The fraction of sp³-hybridized carbons (Fsp3) is 0.375. The van der Waals surface area contributed by atoms with E-state index >= 15 is 0 Å². The Bertz CT molecular complexity index is 515. The summed E-state index contributed by atoms with van der Waals surface area (Å²) in [7, 11) is 0. The topological polar surface area (TPSA) is 74.8 Å². The number of ether oxygens (including phenoxy) is 1. The van der Waals surface area contributed by atoms with E-state index in [-0.39, 0.29) is 5.91 Å². The quantitative estimate of drug-likeness (QED) is 0.296. The van der Waals surface area contributed by atoms with Crippen LogP contribution < -0.4 is 20.7 Å². The lowest BCUT2D eigenvalue weighted by Crippen LogP contribution is -2.37. The largest absolute Gasteiger partial charge is 0.492 e. The van der Waals surface area contributed by atoms with Gasteiger partial charge >= 0.3 is 0 Å². The van der Waals surface area contributed by atoms with Gasteiger partial charge in [-0.05, 0) is 19.1 Å². The van der Waals surface area contributed by atoms with Crippen molar-refractivity contribution in [3.63, 3.8) is 0 Å². The van der Waals surface area contributed by atoms with E-state index in [1.165, 1.54) is 6.92 Å². The van der Waals surface area contributed by atoms with Crippen LogP contribution in [0.3, 0.4) is 0 Å². The number of hydrogen-bond acceptors (Lipinski definition) is 3. The molecular formula is C16H24N4O2. The monoisotopic (exact) mass is 304 g/mol. The van der Waals surface area contributed by atoms with E-state index < -0.39 is 0 Å². The highest BCUT2D eigenvalue weighted by molar-refractivity contribution is 5.88. The first-order valence-electron chi connectivity index (χ1n) is 7.29. The molecule has 1 amide bonds. The van der Waals surface area contributed by atoms with Gasteiger partial charge in [-0.2, -0.15) is 0 Å². The Hall–Kier alpha value is -2.50. The predicted molar refractivity (Wildman–Crippen MR) is 90.4 cm³/mol. The molecule has 0 fully saturated rings. The van der Waals surface area contributed by atoms with Crippen molar-refractivity contribution in [1.82, 2.24) is 10.6 Å². The molecule has 120 valence electrons. The van der Waals surface area contributed by atoms with Crippen LogP contribution in [0, 0.1) is 0 Å². The number of anilines is 1. The molecule has 0 aliphatic heterocycles. The second-order valence-corrected chi connectivity index (χ2v) is 4.49. The first-order chi connectivity index (χ1) is 10.7. The lowest BCUT2D eigenvalue weighted by Gasteiger charge is -2.10. The van der Waals surface area contributed by atoms with Gasteiger partial charge in [-0.15, -0.1) is 6.58 Å². The maximum absolute atomic E-state index is 11.0. The van der Waals surface area contributed by atoms with Gasteiger partial charge in [-0.1, -0.05) is 12.1 Å². The van der Waals surface area contributed by atoms with Crippen molar-refractivity contribution in [2.24, 2.45) is 4.99 Å². The number of nitrogens with zero attached hydrogens (tertiary/aromatic N) is 1. The van der Waals surface area contributed by atoms with E-state index in [1.807, 2.05) is 25.1 Å². The van der Waals surface area contributed by atoms with E-state index in [1.54, 1.807) is 12.1 Å².